The number of ether oxygens (including phenoxy) is 1. The molecule has 1 atom stereocenters. The SMILES string of the molecule is COc1cc2c(cc1[N+](=O)[O-])C(C)N(C)CC2. The lowest BCUT2D eigenvalue weighted by molar-refractivity contribution is -0.385. The predicted octanol–water partition coefficient (Wildman–Crippen LogP) is 2.15. The topological polar surface area (TPSA) is 55.6 Å². The molecule has 0 bridgehead atoms. The Morgan fingerprint density at radius 1 is 1.53 bits per heavy atom. The van der Waals surface area contributed by atoms with Gasteiger partial charge in [0.1, 0.15) is 0 Å². The molecule has 0 fully saturated rings. The first-order valence-corrected chi connectivity index (χ1v) is 5.60. The average molecular weight is 236 g/mol. The van der Waals surface area contributed by atoms with Gasteiger partial charge in [0.15, 0.2) is 5.75 Å². The Morgan fingerprint density at radius 2 is 2.24 bits per heavy atom. The molecule has 1 aliphatic rings. The molecule has 1 aromatic carbocycles. The summed E-state index contributed by atoms with van der Waals surface area (Å²) in [6.07, 6.45) is 0.907. The van der Waals surface area contributed by atoms with Crippen molar-refractivity contribution >= 4 is 5.69 Å². The fourth-order valence-corrected chi connectivity index (χ4v) is 2.27. The van der Waals surface area contributed by atoms with Gasteiger partial charge in [-0.15, -0.1) is 0 Å². The minimum Gasteiger partial charge on any atom is -0.490 e. The molecule has 0 aliphatic carbocycles. The molecule has 2 rings (SSSR count). The Bertz CT molecular complexity index is 459. The van der Waals surface area contributed by atoms with E-state index in [-0.39, 0.29) is 16.7 Å². The Labute approximate surface area is 100 Å². The van der Waals surface area contributed by atoms with E-state index in [1.165, 1.54) is 7.11 Å². The number of hydrogen-bond donors (Lipinski definition) is 0. The lowest BCUT2D eigenvalue weighted by atomic mass is 9.93. The van der Waals surface area contributed by atoms with Crippen molar-refractivity contribution in [3.8, 4) is 5.75 Å². The van der Waals surface area contributed by atoms with Crippen LogP contribution in [0.25, 0.3) is 0 Å². The van der Waals surface area contributed by atoms with Crippen LogP contribution in [0.5, 0.6) is 5.75 Å². The van der Waals surface area contributed by atoms with E-state index >= 15 is 0 Å². The number of benzene rings is 1. The summed E-state index contributed by atoms with van der Waals surface area (Å²) in [5.74, 6) is 0.352. The predicted molar refractivity (Wildman–Crippen MR) is 64.4 cm³/mol. The average Bonchev–Trinajstić information content (AvgIpc) is 2.32. The summed E-state index contributed by atoms with van der Waals surface area (Å²) in [7, 11) is 3.50. The standard InChI is InChI=1S/C12H16N2O3/c1-8-10-7-11(14(15)16)12(17-3)6-9(10)4-5-13(8)2/h6-8H,4-5H2,1-3H3. The second kappa shape index (κ2) is 4.33. The Balaban J connectivity index is 2.55. The second-order valence-electron chi connectivity index (χ2n) is 4.39. The molecule has 0 saturated carbocycles. The number of likely N-dealkylation sites (N-methyl/N-ethyl adjacent to an activating group) is 1. The van der Waals surface area contributed by atoms with Crippen LogP contribution >= 0.6 is 0 Å². The summed E-state index contributed by atoms with van der Waals surface area (Å²) in [5.41, 5.74) is 2.23. The van der Waals surface area contributed by atoms with E-state index in [1.54, 1.807) is 12.1 Å². The van der Waals surface area contributed by atoms with Gasteiger partial charge in [-0.3, -0.25) is 15.0 Å². The van der Waals surface area contributed by atoms with E-state index in [2.05, 4.69) is 11.8 Å². The highest BCUT2D eigenvalue weighted by Crippen LogP contribution is 2.36. The van der Waals surface area contributed by atoms with Gasteiger partial charge in [-0.2, -0.15) is 0 Å². The second-order valence-corrected chi connectivity index (χ2v) is 4.39. The third-order valence-corrected chi connectivity index (χ3v) is 3.48. The zero-order valence-corrected chi connectivity index (χ0v) is 10.3. The van der Waals surface area contributed by atoms with E-state index in [1.807, 2.05) is 7.05 Å². The maximum absolute atomic E-state index is 11.0. The summed E-state index contributed by atoms with van der Waals surface area (Å²) >= 11 is 0. The molecule has 17 heavy (non-hydrogen) atoms. The first-order valence-electron chi connectivity index (χ1n) is 5.60. The molecule has 0 radical (unpaired) electrons. The van der Waals surface area contributed by atoms with Crippen molar-refractivity contribution in [2.24, 2.45) is 0 Å². The van der Waals surface area contributed by atoms with E-state index in [0.29, 0.717) is 5.75 Å². The Morgan fingerprint density at radius 3 is 2.82 bits per heavy atom. The van der Waals surface area contributed by atoms with Crippen LogP contribution in [0.4, 0.5) is 5.69 Å². The normalized spacial score (nSPS) is 19.8. The summed E-state index contributed by atoms with van der Waals surface area (Å²) in [4.78, 5) is 12.8. The molecule has 5 nitrogen and oxygen atoms in total. The van der Waals surface area contributed by atoms with E-state index < -0.39 is 0 Å². The molecule has 1 unspecified atom stereocenters. The minimum absolute atomic E-state index is 0.0494. The van der Waals surface area contributed by atoms with Gasteiger partial charge in [-0.05, 0) is 37.6 Å². The maximum Gasteiger partial charge on any atom is 0.311 e. The van der Waals surface area contributed by atoms with Gasteiger partial charge in [0.05, 0.1) is 12.0 Å². The Hall–Kier alpha value is -1.62. The van der Waals surface area contributed by atoms with E-state index in [0.717, 1.165) is 24.1 Å². The van der Waals surface area contributed by atoms with Gasteiger partial charge in [0, 0.05) is 18.7 Å². The van der Waals surface area contributed by atoms with Gasteiger partial charge in [0.2, 0.25) is 0 Å². The van der Waals surface area contributed by atoms with Crippen molar-refractivity contribution in [3.63, 3.8) is 0 Å². The third-order valence-electron chi connectivity index (χ3n) is 3.48. The maximum atomic E-state index is 11.0. The molecule has 0 N–H and O–H groups in total. The van der Waals surface area contributed by atoms with Crippen molar-refractivity contribution < 1.29 is 9.66 Å². The summed E-state index contributed by atoms with van der Waals surface area (Å²) in [6, 6.07) is 3.66. The van der Waals surface area contributed by atoms with Crippen LogP contribution in [-0.4, -0.2) is 30.5 Å². The minimum atomic E-state index is -0.388. The first kappa shape index (κ1) is 11.9. The van der Waals surface area contributed by atoms with Crippen LogP contribution in [0, 0.1) is 10.1 Å². The molecular weight excluding hydrogens is 220 g/mol. The fourth-order valence-electron chi connectivity index (χ4n) is 2.27. The van der Waals surface area contributed by atoms with Crippen LogP contribution < -0.4 is 4.74 Å². The number of rotatable bonds is 2. The molecule has 1 aliphatic heterocycles. The highest BCUT2D eigenvalue weighted by Gasteiger charge is 2.26. The lowest BCUT2D eigenvalue weighted by Gasteiger charge is -2.32. The summed E-state index contributed by atoms with van der Waals surface area (Å²) in [5, 5.41) is 11.0. The van der Waals surface area contributed by atoms with Crippen LogP contribution in [0.15, 0.2) is 12.1 Å². The highest BCUT2D eigenvalue weighted by molar-refractivity contribution is 5.53. The van der Waals surface area contributed by atoms with Crippen LogP contribution in [-0.2, 0) is 6.42 Å². The van der Waals surface area contributed by atoms with Crippen molar-refractivity contribution in [1.82, 2.24) is 4.90 Å². The highest BCUT2D eigenvalue weighted by atomic mass is 16.6. The van der Waals surface area contributed by atoms with Crippen molar-refractivity contribution in [2.45, 2.75) is 19.4 Å². The van der Waals surface area contributed by atoms with Crippen LogP contribution in [0.2, 0.25) is 0 Å². The molecule has 0 spiro atoms. The van der Waals surface area contributed by atoms with Crippen molar-refractivity contribution in [2.75, 3.05) is 20.7 Å². The van der Waals surface area contributed by atoms with E-state index in [9.17, 15) is 10.1 Å². The molecular formula is C12H16N2O3. The molecule has 5 heteroatoms. The number of nitro groups is 1. The van der Waals surface area contributed by atoms with Gasteiger partial charge in [-0.1, -0.05) is 0 Å². The van der Waals surface area contributed by atoms with Crippen molar-refractivity contribution in [1.29, 1.82) is 0 Å². The fraction of sp³-hybridized carbons (Fsp3) is 0.500. The molecule has 0 aromatic heterocycles. The zero-order chi connectivity index (χ0) is 12.6. The molecule has 1 heterocycles. The quantitative estimate of drug-likeness (QED) is 0.583. The monoisotopic (exact) mass is 236 g/mol. The molecule has 0 amide bonds. The summed E-state index contributed by atoms with van der Waals surface area (Å²) in [6.45, 7) is 3.03. The van der Waals surface area contributed by atoms with Gasteiger partial charge < -0.3 is 4.74 Å². The molecule has 0 saturated heterocycles. The molecule has 92 valence electrons. The van der Waals surface area contributed by atoms with Gasteiger partial charge in [-0.25, -0.2) is 0 Å². The largest absolute Gasteiger partial charge is 0.490 e. The van der Waals surface area contributed by atoms with Crippen molar-refractivity contribution in [3.05, 3.63) is 33.4 Å². The lowest BCUT2D eigenvalue weighted by Crippen LogP contribution is -2.30. The van der Waals surface area contributed by atoms with Crippen LogP contribution in [0.3, 0.4) is 0 Å². The number of hydrogen-bond acceptors (Lipinski definition) is 4. The van der Waals surface area contributed by atoms with Gasteiger partial charge >= 0.3 is 5.69 Å². The number of nitro benzene ring substituents is 1. The van der Waals surface area contributed by atoms with Gasteiger partial charge in [0.25, 0.3) is 0 Å². The first-order chi connectivity index (χ1) is 8.04. The number of methoxy groups -OCH3 is 1. The Kier molecular flexibility index (Phi) is 3.02. The smallest absolute Gasteiger partial charge is 0.311 e. The molecule has 1 aromatic rings. The van der Waals surface area contributed by atoms with Crippen LogP contribution in [0.1, 0.15) is 24.1 Å². The number of nitrogens with zero attached hydrogens (tertiary/aromatic N) is 2. The summed E-state index contributed by atoms with van der Waals surface area (Å²) < 4.78 is 5.08. The van der Waals surface area contributed by atoms with E-state index in [4.69, 9.17) is 4.74 Å². The number of fused-ring (bicyclic) bond motifs is 1. The zero-order valence-electron chi connectivity index (χ0n) is 10.3. The third kappa shape index (κ3) is 1.98.